The van der Waals surface area contributed by atoms with Crippen molar-refractivity contribution in [2.45, 2.75) is 57.0 Å². The van der Waals surface area contributed by atoms with Gasteiger partial charge in [-0.05, 0) is 62.3 Å². The quantitative estimate of drug-likeness (QED) is 0.594. The number of benzene rings is 1. The van der Waals surface area contributed by atoms with E-state index in [9.17, 15) is 9.59 Å². The van der Waals surface area contributed by atoms with E-state index in [0.717, 1.165) is 61.3 Å². The Morgan fingerprint density at radius 3 is 2.72 bits per heavy atom. The Kier molecular flexibility index (Phi) is 7.29. The van der Waals surface area contributed by atoms with Gasteiger partial charge in [-0.25, -0.2) is 0 Å². The summed E-state index contributed by atoms with van der Waals surface area (Å²) in [5.41, 5.74) is 3.11. The maximum Gasteiger partial charge on any atom is 0.234 e. The zero-order valence-electron chi connectivity index (χ0n) is 18.8. The van der Waals surface area contributed by atoms with Crippen molar-refractivity contribution in [3.05, 3.63) is 41.5 Å². The van der Waals surface area contributed by atoms with Crippen molar-refractivity contribution in [3.63, 3.8) is 0 Å². The topological polar surface area (TPSA) is 87.2 Å². The summed E-state index contributed by atoms with van der Waals surface area (Å²) in [6, 6.07) is 10.3. The van der Waals surface area contributed by atoms with Gasteiger partial charge in [0, 0.05) is 24.8 Å². The van der Waals surface area contributed by atoms with Gasteiger partial charge in [-0.3, -0.25) is 9.59 Å². The largest absolute Gasteiger partial charge is 0.354 e. The number of amides is 2. The van der Waals surface area contributed by atoms with Crippen LogP contribution in [-0.2, 0) is 16.0 Å². The number of nitrogens with one attached hydrogen (secondary N) is 2. The molecule has 1 saturated heterocycles. The number of hydrogen-bond donors (Lipinski definition) is 2. The minimum absolute atomic E-state index is 0.0124. The molecule has 0 bridgehead atoms. The summed E-state index contributed by atoms with van der Waals surface area (Å²) < 4.78 is 0. The van der Waals surface area contributed by atoms with E-state index in [2.05, 4.69) is 32.7 Å². The van der Waals surface area contributed by atoms with Crippen LogP contribution in [0.3, 0.4) is 0 Å². The molecular weight excluding hydrogens is 422 g/mol. The number of rotatable bonds is 8. The molecule has 2 fully saturated rings. The fraction of sp³-hybridized carbons (Fsp3) is 0.500. The predicted octanol–water partition coefficient (Wildman–Crippen LogP) is 3.57. The number of hydrogen-bond acceptors (Lipinski definition) is 6. The molecule has 0 unspecified atom stereocenters. The van der Waals surface area contributed by atoms with Crippen LogP contribution in [-0.4, -0.2) is 46.9 Å². The average molecular weight is 454 g/mol. The molecule has 2 aliphatic rings. The first kappa shape index (κ1) is 22.6. The second kappa shape index (κ2) is 10.3. The average Bonchev–Trinajstić information content (AvgIpc) is 3.63. The summed E-state index contributed by atoms with van der Waals surface area (Å²) in [5, 5.41) is 15.5. The van der Waals surface area contributed by atoms with Gasteiger partial charge in [0.2, 0.25) is 11.8 Å². The van der Waals surface area contributed by atoms with Crippen molar-refractivity contribution < 1.29 is 9.59 Å². The maximum absolute atomic E-state index is 12.5. The third-order valence-corrected chi connectivity index (χ3v) is 6.94. The Bertz CT molecular complexity index is 961. The lowest BCUT2D eigenvalue weighted by molar-refractivity contribution is -0.125. The molecule has 1 aromatic heterocycles. The third-order valence-electron chi connectivity index (χ3n) is 6.02. The summed E-state index contributed by atoms with van der Waals surface area (Å²) in [6.07, 6.45) is 4.98. The molecule has 1 saturated carbocycles. The highest BCUT2D eigenvalue weighted by atomic mass is 32.2. The van der Waals surface area contributed by atoms with Gasteiger partial charge >= 0.3 is 0 Å². The molecule has 1 aromatic carbocycles. The first-order valence-electron chi connectivity index (χ1n) is 11.4. The summed E-state index contributed by atoms with van der Waals surface area (Å²) >= 11 is 1.37. The summed E-state index contributed by atoms with van der Waals surface area (Å²) in [6.45, 7) is 5.65. The molecule has 2 amide bonds. The molecule has 7 nitrogen and oxygen atoms in total. The smallest absolute Gasteiger partial charge is 0.234 e. The van der Waals surface area contributed by atoms with Crippen molar-refractivity contribution in [2.75, 3.05) is 29.1 Å². The highest BCUT2D eigenvalue weighted by molar-refractivity contribution is 7.99. The number of carbonyl (C=O) groups excluding carboxylic acids is 2. The number of anilines is 2. The molecule has 1 aliphatic carbocycles. The van der Waals surface area contributed by atoms with Crippen molar-refractivity contribution >= 4 is 35.1 Å². The van der Waals surface area contributed by atoms with E-state index >= 15 is 0 Å². The molecule has 2 heterocycles. The van der Waals surface area contributed by atoms with Crippen LogP contribution in [0.15, 0.2) is 35.4 Å². The number of para-hydroxylation sites is 1. The van der Waals surface area contributed by atoms with E-state index in [1.54, 1.807) is 0 Å². The predicted molar refractivity (Wildman–Crippen MR) is 128 cm³/mol. The maximum atomic E-state index is 12.5. The molecule has 32 heavy (non-hydrogen) atoms. The molecule has 170 valence electrons. The lowest BCUT2D eigenvalue weighted by Crippen LogP contribution is -2.44. The van der Waals surface area contributed by atoms with Crippen molar-refractivity contribution in [3.8, 4) is 0 Å². The zero-order chi connectivity index (χ0) is 22.5. The number of aryl methyl sites for hydroxylation is 2. The normalized spacial score (nSPS) is 18.3. The third kappa shape index (κ3) is 5.79. The Morgan fingerprint density at radius 2 is 2.00 bits per heavy atom. The first-order valence-corrected chi connectivity index (χ1v) is 12.4. The molecule has 0 spiro atoms. The summed E-state index contributed by atoms with van der Waals surface area (Å²) in [4.78, 5) is 27.0. The number of thioether (sulfide) groups is 1. The van der Waals surface area contributed by atoms with E-state index < -0.39 is 0 Å². The van der Waals surface area contributed by atoms with Gasteiger partial charge in [0.1, 0.15) is 5.03 Å². The van der Waals surface area contributed by atoms with Gasteiger partial charge in [0.05, 0.1) is 11.7 Å². The van der Waals surface area contributed by atoms with Crippen molar-refractivity contribution in [1.82, 2.24) is 15.5 Å². The fourth-order valence-corrected chi connectivity index (χ4v) is 4.64. The van der Waals surface area contributed by atoms with Gasteiger partial charge in [-0.2, -0.15) is 0 Å². The van der Waals surface area contributed by atoms with Crippen LogP contribution >= 0.6 is 11.8 Å². The number of carbonyl (C=O) groups is 2. The fourth-order valence-electron chi connectivity index (χ4n) is 4.02. The van der Waals surface area contributed by atoms with Crippen LogP contribution in [0.2, 0.25) is 0 Å². The van der Waals surface area contributed by atoms with Crippen LogP contribution in [0.1, 0.15) is 43.7 Å². The second-order valence-corrected chi connectivity index (χ2v) is 9.59. The minimum atomic E-state index is -0.0505. The molecule has 0 radical (unpaired) electrons. The first-order chi connectivity index (χ1) is 15.5. The van der Waals surface area contributed by atoms with E-state index in [1.165, 1.54) is 11.8 Å². The van der Waals surface area contributed by atoms with Crippen molar-refractivity contribution in [2.24, 2.45) is 5.92 Å². The van der Waals surface area contributed by atoms with Crippen LogP contribution in [0.25, 0.3) is 0 Å². The molecule has 4 rings (SSSR count). The Hall–Kier alpha value is -2.61. The SMILES string of the molecule is CCc1cccc(C)c1NC(=O)CSc1ccc(N2CCC[C@@H](C(=O)NC3CC3)C2)nn1. The molecule has 8 heteroatoms. The summed E-state index contributed by atoms with van der Waals surface area (Å²) in [7, 11) is 0. The standard InChI is InChI=1S/C24H31N5O2S/c1-3-17-7-4-6-16(2)23(17)26-21(30)15-32-22-12-11-20(27-28-22)29-13-5-8-18(14-29)24(31)25-19-9-10-19/h4,6-7,11-12,18-19H,3,5,8-10,13-15H2,1-2H3,(H,25,31)(H,26,30)/t18-/m1/s1. The van der Waals surface area contributed by atoms with Gasteiger partial charge in [-0.15, -0.1) is 10.2 Å². The minimum Gasteiger partial charge on any atom is -0.354 e. The monoisotopic (exact) mass is 453 g/mol. The Balaban J connectivity index is 1.29. The van der Waals surface area contributed by atoms with Gasteiger partial charge in [0.15, 0.2) is 5.82 Å². The number of nitrogens with zero attached hydrogens (tertiary/aromatic N) is 3. The molecule has 1 atom stereocenters. The Morgan fingerprint density at radius 1 is 1.16 bits per heavy atom. The van der Waals surface area contributed by atoms with Crippen LogP contribution in [0, 0.1) is 12.8 Å². The van der Waals surface area contributed by atoms with Gasteiger partial charge in [0.25, 0.3) is 0 Å². The molecule has 1 aliphatic heterocycles. The van der Waals surface area contributed by atoms with Gasteiger partial charge < -0.3 is 15.5 Å². The molecule has 2 aromatic rings. The molecule has 2 N–H and O–H groups in total. The number of aromatic nitrogens is 2. The highest BCUT2D eigenvalue weighted by Gasteiger charge is 2.31. The lowest BCUT2D eigenvalue weighted by atomic mass is 9.97. The van der Waals surface area contributed by atoms with Crippen LogP contribution in [0.5, 0.6) is 0 Å². The van der Waals surface area contributed by atoms with Crippen molar-refractivity contribution in [1.29, 1.82) is 0 Å². The number of piperidine rings is 1. The van der Waals surface area contributed by atoms with E-state index in [0.29, 0.717) is 17.6 Å². The lowest BCUT2D eigenvalue weighted by Gasteiger charge is -2.32. The van der Waals surface area contributed by atoms with Crippen LogP contribution in [0.4, 0.5) is 11.5 Å². The van der Waals surface area contributed by atoms with E-state index in [1.807, 2.05) is 37.3 Å². The van der Waals surface area contributed by atoms with Gasteiger partial charge in [-0.1, -0.05) is 36.9 Å². The molecular formula is C24H31N5O2S. The second-order valence-electron chi connectivity index (χ2n) is 8.60. The van der Waals surface area contributed by atoms with Crippen LogP contribution < -0.4 is 15.5 Å². The Labute approximate surface area is 193 Å². The highest BCUT2D eigenvalue weighted by Crippen LogP contribution is 2.26. The van der Waals surface area contributed by atoms with E-state index in [-0.39, 0.29) is 23.5 Å². The van der Waals surface area contributed by atoms with E-state index in [4.69, 9.17) is 0 Å². The summed E-state index contributed by atoms with van der Waals surface area (Å²) in [5.74, 6) is 1.20. The zero-order valence-corrected chi connectivity index (χ0v) is 19.6.